The van der Waals surface area contributed by atoms with Crippen LogP contribution < -0.4 is 10.2 Å². The van der Waals surface area contributed by atoms with Crippen LogP contribution in [-0.2, 0) is 0 Å². The zero-order valence-electron chi connectivity index (χ0n) is 18.9. The summed E-state index contributed by atoms with van der Waals surface area (Å²) in [4.78, 5) is 4.81. The van der Waals surface area contributed by atoms with E-state index in [1.807, 2.05) is 32.0 Å². The zero-order valence-corrected chi connectivity index (χ0v) is 19.7. The van der Waals surface area contributed by atoms with Crippen molar-refractivity contribution in [3.63, 3.8) is 0 Å². The first-order chi connectivity index (χ1) is 15.3. The fourth-order valence-corrected chi connectivity index (χ4v) is 5.60. The number of halogens is 1. The van der Waals surface area contributed by atoms with E-state index in [0.717, 1.165) is 63.8 Å². The molecule has 164 valence electrons. The maximum atomic E-state index is 9.39. The molecule has 0 amide bonds. The van der Waals surface area contributed by atoms with Gasteiger partial charge in [0.2, 0.25) is 0 Å². The number of benzene rings is 2. The molecule has 2 aliphatic rings. The summed E-state index contributed by atoms with van der Waals surface area (Å²) in [6.07, 6.45) is 1.20. The number of rotatable bonds is 4. The molecule has 0 bridgehead atoms. The largest absolute Gasteiger partial charge is 0.362 e. The lowest BCUT2D eigenvalue weighted by molar-refractivity contribution is 0.0469. The Balaban J connectivity index is 1.54. The molecule has 2 aromatic carbocycles. The smallest absolute Gasteiger partial charge is 0.157 e. The van der Waals surface area contributed by atoms with Crippen molar-refractivity contribution in [2.75, 3.05) is 36.9 Å². The van der Waals surface area contributed by atoms with Crippen LogP contribution in [0.2, 0.25) is 5.02 Å². The summed E-state index contributed by atoms with van der Waals surface area (Å²) >= 11 is 6.78. The molecule has 6 nitrogen and oxygen atoms in total. The van der Waals surface area contributed by atoms with Crippen molar-refractivity contribution in [1.82, 2.24) is 15.1 Å². The van der Waals surface area contributed by atoms with Crippen LogP contribution in [-0.4, -0.2) is 47.3 Å². The van der Waals surface area contributed by atoms with Gasteiger partial charge in [-0.15, -0.1) is 5.10 Å². The average molecular weight is 447 g/mol. The van der Waals surface area contributed by atoms with E-state index in [1.165, 1.54) is 6.42 Å². The summed E-state index contributed by atoms with van der Waals surface area (Å²) in [6, 6.07) is 12.3. The number of likely N-dealkylation sites (N-methyl/N-ethyl adjacent to an activating group) is 1. The highest BCUT2D eigenvalue weighted by molar-refractivity contribution is 6.34. The Labute approximate surface area is 193 Å². The van der Waals surface area contributed by atoms with Crippen molar-refractivity contribution in [1.29, 1.82) is 5.26 Å². The van der Waals surface area contributed by atoms with E-state index in [9.17, 15) is 5.26 Å². The molecule has 3 aromatic rings. The second kappa shape index (κ2) is 7.61. The SMILES string of the molecule is Cc1c(C#N)cccc1[C@@H](C)Nc1nnc(C)c2cc(Cl)c(N3CCC34CN(C)C4)cc12. The Morgan fingerprint density at radius 1 is 1.19 bits per heavy atom. The highest BCUT2D eigenvalue weighted by atomic mass is 35.5. The molecule has 2 aliphatic heterocycles. The van der Waals surface area contributed by atoms with Gasteiger partial charge < -0.3 is 15.1 Å². The molecule has 1 N–H and O–H groups in total. The van der Waals surface area contributed by atoms with Crippen LogP contribution in [0.1, 0.15) is 41.8 Å². The van der Waals surface area contributed by atoms with Gasteiger partial charge in [0.15, 0.2) is 5.82 Å². The van der Waals surface area contributed by atoms with Crippen LogP contribution in [0.4, 0.5) is 11.5 Å². The molecule has 1 atom stereocenters. The average Bonchev–Trinajstić information content (AvgIpc) is 2.73. The van der Waals surface area contributed by atoms with E-state index in [4.69, 9.17) is 11.6 Å². The molecular weight excluding hydrogens is 420 g/mol. The van der Waals surface area contributed by atoms with Crippen molar-refractivity contribution in [2.24, 2.45) is 0 Å². The minimum absolute atomic E-state index is 0.0294. The van der Waals surface area contributed by atoms with Crippen molar-refractivity contribution in [2.45, 2.75) is 38.8 Å². The van der Waals surface area contributed by atoms with Gasteiger partial charge in [-0.3, -0.25) is 0 Å². The van der Waals surface area contributed by atoms with Gasteiger partial charge in [0.05, 0.1) is 39.6 Å². The van der Waals surface area contributed by atoms with Gasteiger partial charge in [-0.25, -0.2) is 0 Å². The van der Waals surface area contributed by atoms with Gasteiger partial charge >= 0.3 is 0 Å². The van der Waals surface area contributed by atoms with Crippen LogP contribution in [0.25, 0.3) is 10.8 Å². The lowest BCUT2D eigenvalue weighted by atomic mass is 9.77. The van der Waals surface area contributed by atoms with Crippen LogP contribution in [0.15, 0.2) is 30.3 Å². The third-order valence-corrected chi connectivity index (χ3v) is 7.44. The molecule has 1 aromatic heterocycles. The normalized spacial score (nSPS) is 18.2. The van der Waals surface area contributed by atoms with Crippen molar-refractivity contribution in [3.05, 3.63) is 57.7 Å². The number of nitrogens with zero attached hydrogens (tertiary/aromatic N) is 5. The number of aryl methyl sites for hydroxylation is 1. The summed E-state index contributed by atoms with van der Waals surface area (Å²) in [5, 5.41) is 24.6. The number of hydrogen-bond donors (Lipinski definition) is 1. The minimum Gasteiger partial charge on any atom is -0.362 e. The molecule has 0 aliphatic carbocycles. The van der Waals surface area contributed by atoms with Crippen molar-refractivity contribution >= 4 is 33.9 Å². The summed E-state index contributed by atoms with van der Waals surface area (Å²) in [7, 11) is 2.16. The first kappa shape index (κ1) is 21.0. The number of fused-ring (bicyclic) bond motifs is 1. The van der Waals surface area contributed by atoms with Gasteiger partial charge in [-0.1, -0.05) is 23.7 Å². The van der Waals surface area contributed by atoms with Crippen LogP contribution in [0.3, 0.4) is 0 Å². The van der Waals surface area contributed by atoms with Crippen molar-refractivity contribution in [3.8, 4) is 6.07 Å². The summed E-state index contributed by atoms with van der Waals surface area (Å²) in [6.45, 7) is 9.21. The molecule has 3 heterocycles. The molecule has 7 heteroatoms. The quantitative estimate of drug-likeness (QED) is 0.618. The van der Waals surface area contributed by atoms with Crippen LogP contribution in [0, 0.1) is 25.2 Å². The van der Waals surface area contributed by atoms with E-state index in [1.54, 1.807) is 0 Å². The second-order valence-corrected chi connectivity index (χ2v) is 9.69. The lowest BCUT2D eigenvalue weighted by Crippen LogP contribution is -2.76. The molecule has 1 spiro atoms. The number of likely N-dealkylation sites (tertiary alicyclic amines) is 1. The van der Waals surface area contributed by atoms with Gasteiger partial charge in [0.25, 0.3) is 0 Å². The highest BCUT2D eigenvalue weighted by Gasteiger charge is 2.52. The molecule has 5 rings (SSSR count). The number of hydrogen-bond acceptors (Lipinski definition) is 6. The second-order valence-electron chi connectivity index (χ2n) is 9.28. The van der Waals surface area contributed by atoms with E-state index >= 15 is 0 Å². The Morgan fingerprint density at radius 3 is 2.62 bits per heavy atom. The Morgan fingerprint density at radius 2 is 1.97 bits per heavy atom. The van der Waals surface area contributed by atoms with E-state index < -0.39 is 0 Å². The predicted molar refractivity (Wildman–Crippen MR) is 129 cm³/mol. The number of nitrogens with one attached hydrogen (secondary N) is 1. The standard InChI is InChI=1S/C25H27ClN6/c1-15-18(12-27)6-5-7-19(15)16(2)28-24-21-11-23(22(26)10-20(21)17(3)29-30-24)32-9-8-25(32)13-31(4)14-25/h5-7,10-11,16H,8-9,13-14H2,1-4H3,(H,28,30)/t16-/m1/s1. The van der Waals surface area contributed by atoms with Gasteiger partial charge in [-0.05, 0) is 63.6 Å². The van der Waals surface area contributed by atoms with Crippen LogP contribution >= 0.6 is 11.6 Å². The molecule has 0 radical (unpaired) electrons. The maximum absolute atomic E-state index is 9.39. The van der Waals surface area contributed by atoms with Crippen molar-refractivity contribution < 1.29 is 0 Å². The summed E-state index contributed by atoms with van der Waals surface area (Å²) in [5.74, 6) is 0.734. The monoisotopic (exact) mass is 446 g/mol. The number of nitriles is 1. The maximum Gasteiger partial charge on any atom is 0.157 e. The molecular formula is C25H27ClN6. The molecule has 2 fully saturated rings. The zero-order chi connectivity index (χ0) is 22.6. The van der Waals surface area contributed by atoms with Gasteiger partial charge in [-0.2, -0.15) is 10.4 Å². The highest BCUT2D eigenvalue weighted by Crippen LogP contribution is 2.46. The van der Waals surface area contributed by atoms with E-state index in [-0.39, 0.29) is 11.6 Å². The summed E-state index contributed by atoms with van der Waals surface area (Å²) < 4.78 is 0. The third-order valence-electron chi connectivity index (χ3n) is 7.14. The number of aromatic nitrogens is 2. The molecule has 2 saturated heterocycles. The lowest BCUT2D eigenvalue weighted by Gasteiger charge is -2.63. The molecule has 32 heavy (non-hydrogen) atoms. The first-order valence-electron chi connectivity index (χ1n) is 11.0. The Hall–Kier alpha value is -2.88. The fraction of sp³-hybridized carbons (Fsp3) is 0.400. The molecule has 0 unspecified atom stereocenters. The Bertz CT molecular complexity index is 1260. The van der Waals surface area contributed by atoms with Gasteiger partial charge in [0.1, 0.15) is 0 Å². The molecule has 0 saturated carbocycles. The topological polar surface area (TPSA) is 68.1 Å². The van der Waals surface area contributed by atoms with Crippen LogP contribution in [0.5, 0.6) is 0 Å². The predicted octanol–water partition coefficient (Wildman–Crippen LogP) is 4.84. The number of anilines is 2. The van der Waals surface area contributed by atoms with Gasteiger partial charge in [0, 0.05) is 30.4 Å². The fourth-order valence-electron chi connectivity index (χ4n) is 5.33. The summed E-state index contributed by atoms with van der Waals surface area (Å²) in [5.41, 5.74) is 4.91. The van der Waals surface area contributed by atoms with E-state index in [2.05, 4.69) is 57.5 Å². The van der Waals surface area contributed by atoms with E-state index in [0.29, 0.717) is 5.56 Å². The third kappa shape index (κ3) is 3.19. The first-order valence-corrected chi connectivity index (χ1v) is 11.4. The Kier molecular flexibility index (Phi) is 4.99. The minimum atomic E-state index is -0.0294.